The zero-order valence-corrected chi connectivity index (χ0v) is 13.2. The van der Waals surface area contributed by atoms with Crippen molar-refractivity contribution in [1.82, 2.24) is 14.8 Å². The summed E-state index contributed by atoms with van der Waals surface area (Å²) in [5, 5.41) is 6.82. The molecule has 2 aromatic rings. The molecule has 8 heteroatoms. The van der Waals surface area contributed by atoms with Gasteiger partial charge in [0.2, 0.25) is 5.91 Å². The van der Waals surface area contributed by atoms with Crippen LogP contribution in [-0.2, 0) is 4.79 Å². The Morgan fingerprint density at radius 2 is 2.19 bits per heavy atom. The molecular weight excluding hydrogens is 313 g/mol. The van der Waals surface area contributed by atoms with E-state index in [4.69, 9.17) is 5.73 Å². The molecule has 6 nitrogen and oxygen atoms in total. The van der Waals surface area contributed by atoms with Gasteiger partial charge >= 0.3 is 0 Å². The second-order valence-corrected chi connectivity index (χ2v) is 4.24. The van der Waals surface area contributed by atoms with E-state index >= 15 is 0 Å². The Morgan fingerprint density at radius 1 is 1.43 bits per heavy atom. The highest BCUT2D eigenvalue weighted by Gasteiger charge is 2.12. The van der Waals surface area contributed by atoms with E-state index in [1.807, 2.05) is 13.0 Å². The number of halogens is 2. The van der Waals surface area contributed by atoms with Crippen LogP contribution in [0.25, 0.3) is 5.82 Å². The minimum absolute atomic E-state index is 0. The van der Waals surface area contributed by atoms with Gasteiger partial charge in [0.25, 0.3) is 0 Å². The fourth-order valence-electron chi connectivity index (χ4n) is 1.68. The van der Waals surface area contributed by atoms with Crippen molar-refractivity contribution < 1.29 is 4.79 Å². The fraction of sp³-hybridized carbons (Fsp3) is 0.308. The first-order chi connectivity index (χ1) is 9.20. The van der Waals surface area contributed by atoms with E-state index in [1.165, 1.54) is 0 Å². The Morgan fingerprint density at radius 3 is 2.71 bits per heavy atom. The smallest absolute Gasteiger partial charge is 0.241 e. The Kier molecular flexibility index (Phi) is 8.61. The average Bonchev–Trinajstić information content (AvgIpc) is 2.94. The molecule has 1 atom stereocenters. The molecule has 3 N–H and O–H groups in total. The van der Waals surface area contributed by atoms with Crippen LogP contribution >= 0.6 is 24.8 Å². The van der Waals surface area contributed by atoms with E-state index in [-0.39, 0.29) is 30.7 Å². The van der Waals surface area contributed by atoms with Gasteiger partial charge in [-0.2, -0.15) is 5.10 Å². The average molecular weight is 332 g/mol. The predicted molar refractivity (Wildman–Crippen MR) is 87.4 cm³/mol. The van der Waals surface area contributed by atoms with E-state index in [0.29, 0.717) is 17.9 Å². The normalized spacial score (nSPS) is 11.0. The molecule has 0 saturated carbocycles. The van der Waals surface area contributed by atoms with Gasteiger partial charge in [-0.15, -0.1) is 24.8 Å². The number of nitrogens with zero attached hydrogens (tertiary/aromatic N) is 3. The topological polar surface area (TPSA) is 85.8 Å². The van der Waals surface area contributed by atoms with Gasteiger partial charge in [0.05, 0.1) is 17.9 Å². The van der Waals surface area contributed by atoms with Crippen LogP contribution in [0.5, 0.6) is 0 Å². The van der Waals surface area contributed by atoms with Crippen LogP contribution in [0.4, 0.5) is 5.69 Å². The monoisotopic (exact) mass is 331 g/mol. The number of aromatic nitrogens is 3. The lowest BCUT2D eigenvalue weighted by Crippen LogP contribution is -2.35. The minimum Gasteiger partial charge on any atom is -0.323 e. The van der Waals surface area contributed by atoms with E-state index < -0.39 is 6.04 Å². The van der Waals surface area contributed by atoms with Gasteiger partial charge in [0.1, 0.15) is 0 Å². The SMILES string of the molecule is CCCC(N)C(=O)Nc1ccc(-n2cccn2)nc1.Cl.Cl. The van der Waals surface area contributed by atoms with Crippen LogP contribution < -0.4 is 11.1 Å². The highest BCUT2D eigenvalue weighted by atomic mass is 35.5. The third-order valence-corrected chi connectivity index (χ3v) is 2.69. The van der Waals surface area contributed by atoms with Crippen molar-refractivity contribution in [3.8, 4) is 5.82 Å². The van der Waals surface area contributed by atoms with Crippen molar-refractivity contribution in [2.45, 2.75) is 25.8 Å². The number of hydrogen-bond donors (Lipinski definition) is 2. The van der Waals surface area contributed by atoms with Crippen LogP contribution in [0.15, 0.2) is 36.8 Å². The van der Waals surface area contributed by atoms with E-state index in [0.717, 1.165) is 6.42 Å². The van der Waals surface area contributed by atoms with Crippen LogP contribution in [-0.4, -0.2) is 26.7 Å². The summed E-state index contributed by atoms with van der Waals surface area (Å²) >= 11 is 0. The summed E-state index contributed by atoms with van der Waals surface area (Å²) < 4.78 is 1.65. The molecule has 0 bridgehead atoms. The summed E-state index contributed by atoms with van der Waals surface area (Å²) in [6, 6.07) is 4.91. The van der Waals surface area contributed by atoms with Gasteiger partial charge in [-0.05, 0) is 24.6 Å². The molecule has 2 rings (SSSR count). The highest BCUT2D eigenvalue weighted by molar-refractivity contribution is 5.94. The second-order valence-electron chi connectivity index (χ2n) is 4.24. The van der Waals surface area contributed by atoms with Gasteiger partial charge in [-0.1, -0.05) is 13.3 Å². The Balaban J connectivity index is 0.00000200. The van der Waals surface area contributed by atoms with Crippen molar-refractivity contribution in [3.63, 3.8) is 0 Å². The summed E-state index contributed by atoms with van der Waals surface area (Å²) in [4.78, 5) is 16.0. The molecule has 0 aromatic carbocycles. The summed E-state index contributed by atoms with van der Waals surface area (Å²) in [6.07, 6.45) is 6.63. The molecule has 0 fully saturated rings. The summed E-state index contributed by atoms with van der Waals surface area (Å²) in [6.45, 7) is 1.99. The van der Waals surface area contributed by atoms with Crippen molar-refractivity contribution in [3.05, 3.63) is 36.8 Å². The number of anilines is 1. The molecule has 2 aromatic heterocycles. The van der Waals surface area contributed by atoms with Crippen LogP contribution in [0.3, 0.4) is 0 Å². The lowest BCUT2D eigenvalue weighted by molar-refractivity contribution is -0.117. The largest absolute Gasteiger partial charge is 0.323 e. The minimum atomic E-state index is -0.476. The van der Waals surface area contributed by atoms with Crippen molar-refractivity contribution in [2.24, 2.45) is 5.73 Å². The number of carbonyl (C=O) groups is 1. The number of pyridine rings is 1. The van der Waals surface area contributed by atoms with E-state index in [9.17, 15) is 4.79 Å². The Hall–Kier alpha value is -1.63. The first-order valence-electron chi connectivity index (χ1n) is 6.23. The maximum absolute atomic E-state index is 11.7. The molecule has 1 amide bonds. The van der Waals surface area contributed by atoms with Gasteiger partial charge in [-0.25, -0.2) is 9.67 Å². The van der Waals surface area contributed by atoms with Crippen molar-refractivity contribution in [1.29, 1.82) is 0 Å². The molecule has 0 spiro atoms. The molecule has 0 radical (unpaired) electrons. The lowest BCUT2D eigenvalue weighted by Gasteiger charge is -2.11. The molecule has 1 unspecified atom stereocenters. The number of hydrogen-bond acceptors (Lipinski definition) is 4. The third kappa shape index (κ3) is 5.34. The molecule has 2 heterocycles. The molecule has 0 aliphatic heterocycles. The van der Waals surface area contributed by atoms with Gasteiger partial charge < -0.3 is 11.1 Å². The van der Waals surface area contributed by atoms with Gasteiger partial charge in [0, 0.05) is 12.4 Å². The highest BCUT2D eigenvalue weighted by Crippen LogP contribution is 2.09. The summed E-state index contributed by atoms with van der Waals surface area (Å²) in [5.41, 5.74) is 6.37. The number of amides is 1. The molecule has 0 aliphatic carbocycles. The number of nitrogens with one attached hydrogen (secondary N) is 1. The van der Waals surface area contributed by atoms with Crippen LogP contribution in [0, 0.1) is 0 Å². The third-order valence-electron chi connectivity index (χ3n) is 2.69. The first kappa shape index (κ1) is 19.4. The Labute approximate surface area is 135 Å². The van der Waals surface area contributed by atoms with Gasteiger partial charge in [0.15, 0.2) is 5.82 Å². The van der Waals surface area contributed by atoms with E-state index in [2.05, 4.69) is 15.4 Å². The molecule has 21 heavy (non-hydrogen) atoms. The molecule has 0 saturated heterocycles. The molecule has 116 valence electrons. The van der Waals surface area contributed by atoms with Gasteiger partial charge in [-0.3, -0.25) is 4.79 Å². The number of rotatable bonds is 5. The predicted octanol–water partition coefficient (Wildman–Crippen LogP) is 2.18. The van der Waals surface area contributed by atoms with Crippen molar-refractivity contribution >= 4 is 36.4 Å². The zero-order valence-electron chi connectivity index (χ0n) is 11.6. The quantitative estimate of drug-likeness (QED) is 0.879. The zero-order chi connectivity index (χ0) is 13.7. The molecular formula is C13H19Cl2N5O. The summed E-state index contributed by atoms with van der Waals surface area (Å²) in [7, 11) is 0. The number of carbonyl (C=O) groups excluding carboxylic acids is 1. The van der Waals surface area contributed by atoms with E-state index in [1.54, 1.807) is 35.4 Å². The van der Waals surface area contributed by atoms with Crippen molar-refractivity contribution in [2.75, 3.05) is 5.32 Å². The standard InChI is InChI=1S/C13H17N5O.2ClH/c1-2-4-11(14)13(19)17-10-5-6-12(15-9-10)18-8-3-7-16-18;;/h3,5-9,11H,2,4,14H2,1H3,(H,17,19);2*1H. The van der Waals surface area contributed by atoms with Crippen LogP contribution in [0.2, 0.25) is 0 Å². The second kappa shape index (κ2) is 9.33. The Bertz CT molecular complexity index is 530. The van der Waals surface area contributed by atoms with Crippen LogP contribution in [0.1, 0.15) is 19.8 Å². The lowest BCUT2D eigenvalue weighted by atomic mass is 10.1. The molecule has 0 aliphatic rings. The first-order valence-corrected chi connectivity index (χ1v) is 6.23. The summed E-state index contributed by atoms with van der Waals surface area (Å²) in [5.74, 6) is 0.511. The maximum atomic E-state index is 11.7. The fourth-order valence-corrected chi connectivity index (χ4v) is 1.68. The maximum Gasteiger partial charge on any atom is 0.241 e. The number of nitrogens with two attached hydrogens (primary N) is 1.